The number of rotatable bonds is 7. The fourth-order valence-corrected chi connectivity index (χ4v) is 2.96. The second kappa shape index (κ2) is 7.22. The van der Waals surface area contributed by atoms with Crippen molar-refractivity contribution in [3.8, 4) is 22.8 Å². The summed E-state index contributed by atoms with van der Waals surface area (Å²) in [4.78, 5) is 0. The molecule has 1 aromatic heterocycles. The van der Waals surface area contributed by atoms with Gasteiger partial charge in [0.25, 0.3) is 0 Å². The Morgan fingerprint density at radius 3 is 2.73 bits per heavy atom. The Bertz CT molecular complexity index is 900. The number of nitrogens with zero attached hydrogens (tertiary/aromatic N) is 2. The third-order valence-electron chi connectivity index (χ3n) is 4.47. The van der Waals surface area contributed by atoms with Gasteiger partial charge in [0.2, 0.25) is 0 Å². The highest BCUT2D eigenvalue weighted by Gasteiger charge is 2.24. The standard InChI is InChI=1S/C21H22N2O3/c1-25-19-7-4-6-15(11-19)20-12-17(14-24)22-23(20)13-16-5-2-3-8-21(16)26-18-9-10-18/h2-8,11-12,18,24H,9-10,13-14H2,1H3. The van der Waals surface area contributed by atoms with Gasteiger partial charge in [-0.2, -0.15) is 5.10 Å². The molecule has 1 N–H and O–H groups in total. The lowest BCUT2D eigenvalue weighted by Crippen LogP contribution is -2.07. The average molecular weight is 350 g/mol. The Morgan fingerprint density at radius 1 is 1.12 bits per heavy atom. The molecular formula is C21H22N2O3. The van der Waals surface area contributed by atoms with Crippen molar-refractivity contribution >= 4 is 0 Å². The first-order valence-electron chi connectivity index (χ1n) is 8.83. The quantitative estimate of drug-likeness (QED) is 0.707. The van der Waals surface area contributed by atoms with Crippen molar-refractivity contribution < 1.29 is 14.6 Å². The molecule has 0 saturated heterocycles. The predicted molar refractivity (Wildman–Crippen MR) is 99.3 cm³/mol. The van der Waals surface area contributed by atoms with E-state index >= 15 is 0 Å². The summed E-state index contributed by atoms with van der Waals surface area (Å²) in [7, 11) is 1.65. The summed E-state index contributed by atoms with van der Waals surface area (Å²) in [6, 6.07) is 17.8. The molecule has 0 amide bonds. The maximum atomic E-state index is 9.55. The summed E-state index contributed by atoms with van der Waals surface area (Å²) in [5.41, 5.74) is 3.66. The van der Waals surface area contributed by atoms with Crippen molar-refractivity contribution in [3.63, 3.8) is 0 Å². The second-order valence-corrected chi connectivity index (χ2v) is 6.49. The van der Waals surface area contributed by atoms with Gasteiger partial charge in [0.1, 0.15) is 11.5 Å². The van der Waals surface area contributed by atoms with Gasteiger partial charge in [-0.3, -0.25) is 4.68 Å². The lowest BCUT2D eigenvalue weighted by molar-refractivity contribution is 0.275. The molecule has 1 heterocycles. The largest absolute Gasteiger partial charge is 0.497 e. The van der Waals surface area contributed by atoms with Crippen LogP contribution in [0.3, 0.4) is 0 Å². The van der Waals surface area contributed by atoms with E-state index in [1.807, 2.05) is 53.2 Å². The van der Waals surface area contributed by atoms with Crippen LogP contribution in [0.15, 0.2) is 54.6 Å². The highest BCUT2D eigenvalue weighted by molar-refractivity contribution is 5.62. The Kier molecular flexibility index (Phi) is 4.63. The van der Waals surface area contributed by atoms with Crippen molar-refractivity contribution in [1.29, 1.82) is 0 Å². The average Bonchev–Trinajstić information content (AvgIpc) is 3.40. The predicted octanol–water partition coefficient (Wildman–Crippen LogP) is 3.64. The molecule has 0 radical (unpaired) electrons. The summed E-state index contributed by atoms with van der Waals surface area (Å²) in [5.74, 6) is 1.70. The fourth-order valence-electron chi connectivity index (χ4n) is 2.96. The number of hydrogen-bond donors (Lipinski definition) is 1. The van der Waals surface area contributed by atoms with Gasteiger partial charge in [-0.25, -0.2) is 0 Å². The molecule has 1 fully saturated rings. The van der Waals surface area contributed by atoms with E-state index in [-0.39, 0.29) is 6.61 Å². The van der Waals surface area contributed by atoms with Gasteiger partial charge < -0.3 is 14.6 Å². The number of aromatic nitrogens is 2. The van der Waals surface area contributed by atoms with Crippen LogP contribution in [0.4, 0.5) is 0 Å². The first-order chi connectivity index (χ1) is 12.8. The molecule has 4 rings (SSSR count). The SMILES string of the molecule is COc1cccc(-c2cc(CO)nn2Cc2ccccc2OC2CC2)c1. The van der Waals surface area contributed by atoms with Crippen molar-refractivity contribution in [2.75, 3.05) is 7.11 Å². The first kappa shape index (κ1) is 16.7. The lowest BCUT2D eigenvalue weighted by Gasteiger charge is -2.13. The summed E-state index contributed by atoms with van der Waals surface area (Å²) in [6.45, 7) is 0.486. The molecular weight excluding hydrogens is 328 g/mol. The highest BCUT2D eigenvalue weighted by Crippen LogP contribution is 2.31. The van der Waals surface area contributed by atoms with E-state index in [1.54, 1.807) is 7.11 Å². The topological polar surface area (TPSA) is 56.5 Å². The van der Waals surface area contributed by atoms with E-state index in [9.17, 15) is 5.11 Å². The van der Waals surface area contributed by atoms with Gasteiger partial charge in [-0.15, -0.1) is 0 Å². The highest BCUT2D eigenvalue weighted by atomic mass is 16.5. The van der Waals surface area contributed by atoms with Crippen LogP contribution >= 0.6 is 0 Å². The number of aliphatic hydroxyl groups excluding tert-OH is 1. The Morgan fingerprint density at radius 2 is 1.96 bits per heavy atom. The second-order valence-electron chi connectivity index (χ2n) is 6.49. The minimum atomic E-state index is -0.0931. The molecule has 1 aliphatic rings. The summed E-state index contributed by atoms with van der Waals surface area (Å²) in [5, 5.41) is 14.1. The molecule has 26 heavy (non-hydrogen) atoms. The smallest absolute Gasteiger partial charge is 0.124 e. The van der Waals surface area contributed by atoms with Crippen molar-refractivity contribution in [3.05, 3.63) is 65.9 Å². The van der Waals surface area contributed by atoms with Crippen LogP contribution in [-0.4, -0.2) is 28.1 Å². The summed E-state index contributed by atoms with van der Waals surface area (Å²) < 4.78 is 13.3. The van der Waals surface area contributed by atoms with Crippen LogP contribution in [0.5, 0.6) is 11.5 Å². The van der Waals surface area contributed by atoms with E-state index < -0.39 is 0 Å². The zero-order chi connectivity index (χ0) is 17.9. The van der Waals surface area contributed by atoms with Gasteiger partial charge in [0.05, 0.1) is 37.8 Å². The minimum Gasteiger partial charge on any atom is -0.497 e. The van der Waals surface area contributed by atoms with Crippen LogP contribution in [0, 0.1) is 0 Å². The zero-order valence-corrected chi connectivity index (χ0v) is 14.8. The van der Waals surface area contributed by atoms with Gasteiger partial charge in [-0.05, 0) is 37.1 Å². The van der Waals surface area contributed by atoms with Gasteiger partial charge in [-0.1, -0.05) is 30.3 Å². The third-order valence-corrected chi connectivity index (χ3v) is 4.47. The molecule has 5 nitrogen and oxygen atoms in total. The number of ether oxygens (including phenoxy) is 2. The molecule has 134 valence electrons. The molecule has 1 aliphatic carbocycles. The van der Waals surface area contributed by atoms with E-state index in [1.165, 1.54) is 0 Å². The van der Waals surface area contributed by atoms with E-state index in [0.717, 1.165) is 41.2 Å². The molecule has 0 bridgehead atoms. The maximum absolute atomic E-state index is 9.55. The van der Waals surface area contributed by atoms with Crippen LogP contribution < -0.4 is 9.47 Å². The normalized spacial score (nSPS) is 13.6. The van der Waals surface area contributed by atoms with Gasteiger partial charge >= 0.3 is 0 Å². The molecule has 2 aromatic carbocycles. The number of aliphatic hydroxyl groups is 1. The van der Waals surface area contributed by atoms with Crippen molar-refractivity contribution in [2.45, 2.75) is 32.1 Å². The molecule has 0 spiro atoms. The molecule has 0 atom stereocenters. The summed E-state index contributed by atoms with van der Waals surface area (Å²) >= 11 is 0. The number of benzene rings is 2. The number of hydrogen-bond acceptors (Lipinski definition) is 4. The number of para-hydroxylation sites is 1. The van der Waals surface area contributed by atoms with Gasteiger partial charge in [0.15, 0.2) is 0 Å². The molecule has 0 aliphatic heterocycles. The van der Waals surface area contributed by atoms with Crippen molar-refractivity contribution in [2.24, 2.45) is 0 Å². The Hall–Kier alpha value is -2.79. The maximum Gasteiger partial charge on any atom is 0.124 e. The molecule has 1 saturated carbocycles. The fraction of sp³-hybridized carbons (Fsp3) is 0.286. The van der Waals surface area contributed by atoms with E-state index in [0.29, 0.717) is 18.3 Å². The van der Waals surface area contributed by atoms with Crippen LogP contribution in [0.2, 0.25) is 0 Å². The first-order valence-corrected chi connectivity index (χ1v) is 8.83. The third kappa shape index (κ3) is 3.58. The van der Waals surface area contributed by atoms with Crippen LogP contribution in [0.1, 0.15) is 24.1 Å². The minimum absolute atomic E-state index is 0.0931. The number of methoxy groups -OCH3 is 1. The lowest BCUT2D eigenvalue weighted by atomic mass is 10.1. The molecule has 0 unspecified atom stereocenters. The Balaban J connectivity index is 1.69. The van der Waals surface area contributed by atoms with E-state index in [4.69, 9.17) is 9.47 Å². The molecule has 5 heteroatoms. The monoisotopic (exact) mass is 350 g/mol. The van der Waals surface area contributed by atoms with E-state index in [2.05, 4.69) is 11.2 Å². The van der Waals surface area contributed by atoms with Crippen LogP contribution in [0.25, 0.3) is 11.3 Å². The van der Waals surface area contributed by atoms with Crippen LogP contribution in [-0.2, 0) is 13.2 Å². The zero-order valence-electron chi connectivity index (χ0n) is 14.8. The molecule has 3 aromatic rings. The summed E-state index contributed by atoms with van der Waals surface area (Å²) in [6.07, 6.45) is 2.60. The van der Waals surface area contributed by atoms with Crippen molar-refractivity contribution in [1.82, 2.24) is 9.78 Å². The Labute approximate surface area is 152 Å². The van der Waals surface area contributed by atoms with Gasteiger partial charge in [0, 0.05) is 11.1 Å².